The van der Waals surface area contributed by atoms with Crippen molar-refractivity contribution in [1.29, 1.82) is 0 Å². The van der Waals surface area contributed by atoms with Gasteiger partial charge in [0.25, 0.3) is 5.91 Å². The molecule has 0 unspecified atom stereocenters. The number of aromatic nitrogens is 1. The zero-order chi connectivity index (χ0) is 17.6. The third-order valence-electron chi connectivity index (χ3n) is 4.26. The molecule has 2 amide bonds. The first-order valence-electron chi connectivity index (χ1n) is 7.34. The molecule has 0 saturated heterocycles. The summed E-state index contributed by atoms with van der Waals surface area (Å²) in [6.07, 6.45) is 0.456. The number of imide groups is 1. The van der Waals surface area contributed by atoms with Crippen molar-refractivity contribution in [2.45, 2.75) is 20.3 Å². The number of hydrogen-bond acceptors (Lipinski definition) is 3. The fraction of sp³-hybridized carbons (Fsp3) is 0.235. The highest BCUT2D eigenvalue weighted by Crippen LogP contribution is 2.30. The Kier molecular flexibility index (Phi) is 3.71. The van der Waals surface area contributed by atoms with Crippen LogP contribution in [0, 0.1) is 19.7 Å². The predicted molar refractivity (Wildman–Crippen MR) is 82.6 cm³/mol. The average molecular weight is 330 g/mol. The summed E-state index contributed by atoms with van der Waals surface area (Å²) in [5.41, 5.74) is 3.11. The van der Waals surface area contributed by atoms with Crippen LogP contribution in [-0.2, 0) is 11.2 Å². The quantitative estimate of drug-likeness (QED) is 0.933. The van der Waals surface area contributed by atoms with Gasteiger partial charge in [-0.25, -0.2) is 14.1 Å². The van der Waals surface area contributed by atoms with Crippen molar-refractivity contribution >= 4 is 17.9 Å². The van der Waals surface area contributed by atoms with Gasteiger partial charge < -0.3 is 5.11 Å². The highest BCUT2D eigenvalue weighted by Gasteiger charge is 2.40. The summed E-state index contributed by atoms with van der Waals surface area (Å²) in [6.45, 7) is 2.78. The number of hydrogen-bond donors (Lipinski definition) is 1. The molecule has 0 spiro atoms. The fourth-order valence-electron chi connectivity index (χ4n) is 3.06. The summed E-state index contributed by atoms with van der Waals surface area (Å²) < 4.78 is 14.3. The van der Waals surface area contributed by atoms with Gasteiger partial charge in [0, 0.05) is 5.69 Å². The maximum atomic E-state index is 13.0. The van der Waals surface area contributed by atoms with Crippen LogP contribution < -0.4 is 0 Å². The van der Waals surface area contributed by atoms with Crippen LogP contribution in [0.3, 0.4) is 0 Å². The van der Waals surface area contributed by atoms with Gasteiger partial charge in [0.1, 0.15) is 18.1 Å². The number of benzene rings is 1. The Morgan fingerprint density at radius 1 is 1.17 bits per heavy atom. The number of aliphatic carboxylic acids is 1. The van der Waals surface area contributed by atoms with E-state index in [1.807, 2.05) is 0 Å². The zero-order valence-electron chi connectivity index (χ0n) is 13.2. The molecule has 1 aromatic heterocycles. The smallest absolute Gasteiger partial charge is 0.336 e. The molecular formula is C17H15FN2O4. The van der Waals surface area contributed by atoms with E-state index >= 15 is 0 Å². The number of carboxylic acid groups (broad SMARTS) is 1. The molecule has 0 bridgehead atoms. The van der Waals surface area contributed by atoms with E-state index in [1.54, 1.807) is 26.0 Å². The number of amides is 2. The van der Waals surface area contributed by atoms with Crippen LogP contribution in [-0.4, -0.2) is 39.0 Å². The SMILES string of the molecule is Cc1c(Cc2ccc(F)cc2)c(C)n2c1C(=O)N(CC(=O)O)C2=O. The second kappa shape index (κ2) is 5.59. The van der Waals surface area contributed by atoms with Gasteiger partial charge >= 0.3 is 12.0 Å². The van der Waals surface area contributed by atoms with Crippen LogP contribution in [0.25, 0.3) is 0 Å². The average Bonchev–Trinajstić information content (AvgIpc) is 2.91. The molecule has 2 heterocycles. The molecule has 3 rings (SSSR count). The first-order chi connectivity index (χ1) is 11.3. The normalized spacial score (nSPS) is 13.5. The van der Waals surface area contributed by atoms with Crippen molar-refractivity contribution in [3.63, 3.8) is 0 Å². The minimum atomic E-state index is -1.25. The Labute approximate surface area is 137 Å². The minimum Gasteiger partial charge on any atom is -0.480 e. The number of carbonyl (C=O) groups is 3. The summed E-state index contributed by atoms with van der Waals surface area (Å²) in [5.74, 6) is -2.18. The molecule has 7 heteroatoms. The molecule has 24 heavy (non-hydrogen) atoms. The van der Waals surface area contributed by atoms with E-state index < -0.39 is 24.5 Å². The summed E-state index contributed by atoms with van der Waals surface area (Å²) >= 11 is 0. The first-order valence-corrected chi connectivity index (χ1v) is 7.34. The Morgan fingerprint density at radius 2 is 1.79 bits per heavy atom. The van der Waals surface area contributed by atoms with Crippen molar-refractivity contribution < 1.29 is 23.9 Å². The van der Waals surface area contributed by atoms with Crippen molar-refractivity contribution in [3.8, 4) is 0 Å². The molecule has 1 N–H and O–H groups in total. The maximum absolute atomic E-state index is 13.0. The van der Waals surface area contributed by atoms with Crippen LogP contribution in [0.1, 0.15) is 32.9 Å². The predicted octanol–water partition coefficient (Wildman–Crippen LogP) is 2.34. The first kappa shape index (κ1) is 15.9. The molecule has 1 aliphatic heterocycles. The van der Waals surface area contributed by atoms with Crippen LogP contribution in [0.5, 0.6) is 0 Å². The number of rotatable bonds is 4. The number of fused-ring (bicyclic) bond motifs is 1. The maximum Gasteiger partial charge on any atom is 0.336 e. The fourth-order valence-corrected chi connectivity index (χ4v) is 3.06. The standard InChI is InChI=1S/C17H15FN2O4/c1-9-13(7-11-3-5-12(18)6-4-11)10(2)20-15(9)16(23)19(17(20)24)8-14(21)22/h3-6H,7-8H2,1-2H3,(H,21,22). The van der Waals surface area contributed by atoms with E-state index in [-0.39, 0.29) is 11.5 Å². The van der Waals surface area contributed by atoms with E-state index in [1.165, 1.54) is 16.7 Å². The number of halogens is 1. The molecular weight excluding hydrogens is 315 g/mol. The molecule has 6 nitrogen and oxygen atoms in total. The summed E-state index contributed by atoms with van der Waals surface area (Å²) in [7, 11) is 0. The van der Waals surface area contributed by atoms with Crippen molar-refractivity contribution in [1.82, 2.24) is 9.47 Å². The van der Waals surface area contributed by atoms with E-state index in [9.17, 15) is 18.8 Å². The lowest BCUT2D eigenvalue weighted by atomic mass is 10.0. The zero-order valence-corrected chi connectivity index (χ0v) is 13.2. The molecule has 0 atom stereocenters. The number of nitrogens with zero attached hydrogens (tertiary/aromatic N) is 2. The van der Waals surface area contributed by atoms with Gasteiger partial charge in [-0.15, -0.1) is 0 Å². The summed E-state index contributed by atoms with van der Waals surface area (Å²) in [5, 5.41) is 8.85. The molecule has 0 fully saturated rings. The van der Waals surface area contributed by atoms with E-state index in [4.69, 9.17) is 5.11 Å². The molecule has 0 aliphatic carbocycles. The van der Waals surface area contributed by atoms with Crippen LogP contribution >= 0.6 is 0 Å². The number of carbonyl (C=O) groups excluding carboxylic acids is 2. The lowest BCUT2D eigenvalue weighted by Gasteiger charge is -2.12. The highest BCUT2D eigenvalue weighted by molar-refractivity contribution is 6.14. The molecule has 0 saturated carbocycles. The second-order valence-corrected chi connectivity index (χ2v) is 5.74. The third-order valence-corrected chi connectivity index (χ3v) is 4.26. The molecule has 1 aromatic carbocycles. The molecule has 2 aromatic rings. The van der Waals surface area contributed by atoms with Crippen LogP contribution in [0.2, 0.25) is 0 Å². The van der Waals surface area contributed by atoms with Crippen molar-refractivity contribution in [2.24, 2.45) is 0 Å². The van der Waals surface area contributed by atoms with Gasteiger partial charge in [-0.1, -0.05) is 12.1 Å². The highest BCUT2D eigenvalue weighted by atomic mass is 19.1. The molecule has 0 radical (unpaired) electrons. The van der Waals surface area contributed by atoms with Crippen molar-refractivity contribution in [3.05, 3.63) is 58.2 Å². The number of carboxylic acids is 1. The second-order valence-electron chi connectivity index (χ2n) is 5.74. The minimum absolute atomic E-state index is 0.205. The molecule has 1 aliphatic rings. The van der Waals surface area contributed by atoms with Crippen molar-refractivity contribution in [2.75, 3.05) is 6.54 Å². The Morgan fingerprint density at radius 3 is 2.33 bits per heavy atom. The topological polar surface area (TPSA) is 79.6 Å². The third kappa shape index (κ3) is 2.38. The van der Waals surface area contributed by atoms with Gasteiger partial charge in [-0.3, -0.25) is 14.2 Å². The van der Waals surface area contributed by atoms with Crippen LogP contribution in [0.4, 0.5) is 9.18 Å². The van der Waals surface area contributed by atoms with E-state index in [0.717, 1.165) is 16.0 Å². The molecule has 124 valence electrons. The van der Waals surface area contributed by atoms with E-state index in [0.29, 0.717) is 17.7 Å². The Balaban J connectivity index is 2.00. The van der Waals surface area contributed by atoms with Gasteiger partial charge in [-0.05, 0) is 49.1 Å². The monoisotopic (exact) mass is 330 g/mol. The van der Waals surface area contributed by atoms with Gasteiger partial charge in [0.2, 0.25) is 0 Å². The lowest BCUT2D eigenvalue weighted by molar-refractivity contribution is -0.137. The summed E-state index contributed by atoms with van der Waals surface area (Å²) in [4.78, 5) is 36.3. The lowest BCUT2D eigenvalue weighted by Crippen LogP contribution is -2.36. The largest absolute Gasteiger partial charge is 0.480 e. The van der Waals surface area contributed by atoms with E-state index in [2.05, 4.69) is 0 Å². The summed E-state index contributed by atoms with van der Waals surface area (Å²) in [6, 6.07) is 5.36. The Hall–Kier alpha value is -2.96. The van der Waals surface area contributed by atoms with Crippen LogP contribution in [0.15, 0.2) is 24.3 Å². The van der Waals surface area contributed by atoms with Gasteiger partial charge in [0.15, 0.2) is 0 Å². The Bertz CT molecular complexity index is 828. The van der Waals surface area contributed by atoms with Gasteiger partial charge in [-0.2, -0.15) is 0 Å². The van der Waals surface area contributed by atoms with Gasteiger partial charge in [0.05, 0.1) is 0 Å².